The van der Waals surface area contributed by atoms with Crippen molar-refractivity contribution in [1.29, 1.82) is 0 Å². The minimum Gasteiger partial charge on any atom is -0.481 e. The summed E-state index contributed by atoms with van der Waals surface area (Å²) in [7, 11) is 0. The number of carboxylic acids is 1. The molecule has 20 heavy (non-hydrogen) atoms. The highest BCUT2D eigenvalue weighted by atomic mass is 16.4. The van der Waals surface area contributed by atoms with Gasteiger partial charge in [0.05, 0.1) is 5.92 Å². The number of nitrogens with two attached hydrogens (primary N) is 1. The molecule has 2 aromatic heterocycles. The third kappa shape index (κ3) is 1.93. The lowest BCUT2D eigenvalue weighted by Crippen LogP contribution is -2.17. The van der Waals surface area contributed by atoms with Crippen LogP contribution in [0.15, 0.2) is 4.79 Å². The average molecular weight is 277 g/mol. The van der Waals surface area contributed by atoms with Crippen LogP contribution < -0.4 is 11.3 Å². The zero-order valence-electron chi connectivity index (χ0n) is 10.9. The molecule has 1 aliphatic carbocycles. The molecule has 0 spiro atoms. The molecule has 0 aliphatic heterocycles. The smallest absolute Gasteiger partial charge is 0.307 e. The zero-order chi connectivity index (χ0) is 14.4. The van der Waals surface area contributed by atoms with Gasteiger partial charge in [-0.3, -0.25) is 14.6 Å². The number of aliphatic carboxylic acids is 1. The molecule has 8 heteroatoms. The van der Waals surface area contributed by atoms with Crippen LogP contribution in [-0.4, -0.2) is 31.0 Å². The number of aromatic nitrogens is 4. The molecule has 106 valence electrons. The molecule has 1 aliphatic rings. The van der Waals surface area contributed by atoms with Crippen LogP contribution in [0.2, 0.25) is 0 Å². The Balaban J connectivity index is 2.08. The van der Waals surface area contributed by atoms with Gasteiger partial charge in [0, 0.05) is 5.92 Å². The summed E-state index contributed by atoms with van der Waals surface area (Å²) in [6, 6.07) is 0. The number of carboxylic acid groups (broad SMARTS) is 1. The molecular weight excluding hydrogens is 262 g/mol. The first-order chi connectivity index (χ1) is 9.45. The predicted octanol–water partition coefficient (Wildman–Crippen LogP) is 0.443. The van der Waals surface area contributed by atoms with E-state index < -0.39 is 17.4 Å². The average Bonchev–Trinajstić information content (AvgIpc) is 2.92. The number of H-pyrrole nitrogens is 2. The molecule has 5 N–H and O–H groups in total. The van der Waals surface area contributed by atoms with Gasteiger partial charge in [-0.2, -0.15) is 4.98 Å². The Kier molecular flexibility index (Phi) is 2.73. The summed E-state index contributed by atoms with van der Waals surface area (Å²) in [6.07, 6.45) is 1.34. The molecule has 0 bridgehead atoms. The van der Waals surface area contributed by atoms with Crippen molar-refractivity contribution >= 4 is 23.1 Å². The second-order valence-corrected chi connectivity index (χ2v) is 5.40. The van der Waals surface area contributed by atoms with Gasteiger partial charge in [0.1, 0.15) is 5.82 Å². The third-order valence-corrected chi connectivity index (χ3v) is 3.86. The molecule has 3 atom stereocenters. The minimum atomic E-state index is -0.832. The van der Waals surface area contributed by atoms with Gasteiger partial charge in [-0.15, -0.1) is 0 Å². The topological polar surface area (TPSA) is 138 Å². The highest BCUT2D eigenvalue weighted by Crippen LogP contribution is 2.42. The quantitative estimate of drug-likeness (QED) is 0.628. The monoisotopic (exact) mass is 277 g/mol. The van der Waals surface area contributed by atoms with Crippen molar-refractivity contribution in [1.82, 2.24) is 19.9 Å². The van der Waals surface area contributed by atoms with Crippen LogP contribution in [0, 0.1) is 11.8 Å². The highest BCUT2D eigenvalue weighted by molar-refractivity contribution is 5.73. The van der Waals surface area contributed by atoms with E-state index >= 15 is 0 Å². The Hall–Kier alpha value is -2.38. The molecule has 0 aromatic carbocycles. The van der Waals surface area contributed by atoms with E-state index in [1.807, 2.05) is 6.92 Å². The van der Waals surface area contributed by atoms with Gasteiger partial charge >= 0.3 is 5.97 Å². The number of hydrogen-bond acceptors (Lipinski definition) is 5. The maximum atomic E-state index is 11.7. The summed E-state index contributed by atoms with van der Waals surface area (Å²) in [5.74, 6) is -0.735. The number of carbonyl (C=O) groups is 1. The largest absolute Gasteiger partial charge is 0.481 e. The van der Waals surface area contributed by atoms with Crippen molar-refractivity contribution in [2.24, 2.45) is 11.8 Å². The van der Waals surface area contributed by atoms with E-state index in [1.165, 1.54) is 0 Å². The normalized spacial score (nSPS) is 26.1. The Morgan fingerprint density at radius 1 is 1.35 bits per heavy atom. The van der Waals surface area contributed by atoms with E-state index in [2.05, 4.69) is 19.9 Å². The zero-order valence-corrected chi connectivity index (χ0v) is 10.9. The van der Waals surface area contributed by atoms with Gasteiger partial charge in [-0.25, -0.2) is 4.98 Å². The molecular formula is C12H15N5O3. The number of nitrogen functional groups attached to an aromatic ring is 1. The van der Waals surface area contributed by atoms with Crippen LogP contribution in [0.1, 0.15) is 31.5 Å². The maximum absolute atomic E-state index is 11.7. The fraction of sp³-hybridized carbons (Fsp3) is 0.500. The number of hydrogen-bond donors (Lipinski definition) is 4. The number of aromatic amines is 2. The van der Waals surface area contributed by atoms with Gasteiger partial charge in [-0.05, 0) is 18.8 Å². The Morgan fingerprint density at radius 3 is 2.80 bits per heavy atom. The number of nitrogens with zero attached hydrogens (tertiary/aromatic N) is 2. The van der Waals surface area contributed by atoms with E-state index in [0.717, 1.165) is 6.42 Å². The van der Waals surface area contributed by atoms with Gasteiger partial charge in [0.25, 0.3) is 5.56 Å². The lowest BCUT2D eigenvalue weighted by Gasteiger charge is -2.12. The van der Waals surface area contributed by atoms with Gasteiger partial charge in [0.15, 0.2) is 11.2 Å². The number of anilines is 1. The van der Waals surface area contributed by atoms with Crippen molar-refractivity contribution in [2.75, 3.05) is 5.73 Å². The van der Waals surface area contributed by atoms with Crippen molar-refractivity contribution < 1.29 is 9.90 Å². The molecule has 0 radical (unpaired) electrons. The molecule has 8 nitrogen and oxygen atoms in total. The van der Waals surface area contributed by atoms with Crippen molar-refractivity contribution in [3.63, 3.8) is 0 Å². The minimum absolute atomic E-state index is 0.00451. The van der Waals surface area contributed by atoms with Crippen LogP contribution >= 0.6 is 0 Å². The second kappa shape index (κ2) is 4.32. The fourth-order valence-electron chi connectivity index (χ4n) is 2.98. The molecule has 0 amide bonds. The molecule has 0 saturated heterocycles. The number of imidazole rings is 1. The highest BCUT2D eigenvalue weighted by Gasteiger charge is 2.39. The van der Waals surface area contributed by atoms with E-state index in [1.54, 1.807) is 0 Å². The first-order valence-corrected chi connectivity index (χ1v) is 6.44. The summed E-state index contributed by atoms with van der Waals surface area (Å²) in [5.41, 5.74) is 5.53. The van der Waals surface area contributed by atoms with Crippen LogP contribution in [0.4, 0.5) is 5.95 Å². The van der Waals surface area contributed by atoms with Gasteiger partial charge < -0.3 is 15.8 Å². The van der Waals surface area contributed by atoms with Crippen molar-refractivity contribution in [3.8, 4) is 0 Å². The molecule has 2 heterocycles. The van der Waals surface area contributed by atoms with Crippen molar-refractivity contribution in [2.45, 2.75) is 25.7 Å². The van der Waals surface area contributed by atoms with E-state index in [0.29, 0.717) is 18.2 Å². The summed E-state index contributed by atoms with van der Waals surface area (Å²) in [5, 5.41) is 9.29. The van der Waals surface area contributed by atoms with Crippen LogP contribution in [0.5, 0.6) is 0 Å². The van der Waals surface area contributed by atoms with E-state index in [4.69, 9.17) is 5.73 Å². The molecule has 1 saturated carbocycles. The molecule has 3 rings (SSSR count). The second-order valence-electron chi connectivity index (χ2n) is 5.40. The first-order valence-electron chi connectivity index (χ1n) is 6.44. The first kappa shape index (κ1) is 12.6. The third-order valence-electron chi connectivity index (χ3n) is 3.86. The summed E-state index contributed by atoms with van der Waals surface area (Å²) in [4.78, 5) is 36.6. The molecule has 2 aromatic rings. The maximum Gasteiger partial charge on any atom is 0.307 e. The molecule has 3 unspecified atom stereocenters. The Bertz CT molecular complexity index is 734. The van der Waals surface area contributed by atoms with Crippen LogP contribution in [-0.2, 0) is 4.79 Å². The SMILES string of the molecule is CC1CC(C(=O)O)C(c2nc3nc(N)[nH]c(=O)c3[nH]2)C1. The lowest BCUT2D eigenvalue weighted by molar-refractivity contribution is -0.142. The van der Waals surface area contributed by atoms with E-state index in [-0.39, 0.29) is 23.0 Å². The standard InChI is InChI=1S/C12H15N5O3/c1-4-2-5(6(3-4)11(19)20)8-14-7-9(15-8)16-12(13)17-10(7)18/h4-6H,2-3H2,1H3,(H,19,20)(H4,13,14,15,16,17,18). The lowest BCUT2D eigenvalue weighted by atomic mass is 9.96. The van der Waals surface area contributed by atoms with Crippen LogP contribution in [0.25, 0.3) is 11.2 Å². The predicted molar refractivity (Wildman–Crippen MR) is 71.2 cm³/mol. The van der Waals surface area contributed by atoms with Crippen molar-refractivity contribution in [3.05, 3.63) is 16.2 Å². The number of fused-ring (bicyclic) bond motifs is 1. The summed E-state index contributed by atoms with van der Waals surface area (Å²) < 4.78 is 0. The van der Waals surface area contributed by atoms with Gasteiger partial charge in [-0.1, -0.05) is 6.92 Å². The Labute approximate surface area is 113 Å². The van der Waals surface area contributed by atoms with Crippen LogP contribution in [0.3, 0.4) is 0 Å². The number of rotatable bonds is 2. The summed E-state index contributed by atoms with van der Waals surface area (Å²) in [6.45, 7) is 2.02. The Morgan fingerprint density at radius 2 is 2.10 bits per heavy atom. The van der Waals surface area contributed by atoms with E-state index in [9.17, 15) is 14.7 Å². The molecule has 1 fully saturated rings. The summed E-state index contributed by atoms with van der Waals surface area (Å²) >= 11 is 0. The fourth-order valence-corrected chi connectivity index (χ4v) is 2.98. The van der Waals surface area contributed by atoms with Gasteiger partial charge in [0.2, 0.25) is 5.95 Å². The number of nitrogens with one attached hydrogen (secondary N) is 2.